The molecule has 0 amide bonds. The Morgan fingerprint density at radius 2 is 1.81 bits per heavy atom. The van der Waals surface area contributed by atoms with E-state index in [1.54, 1.807) is 0 Å². The Bertz CT molecular complexity index is 712. The van der Waals surface area contributed by atoms with Gasteiger partial charge in [0.2, 0.25) is 0 Å². The number of hydrogen-bond donors (Lipinski definition) is 1. The van der Waals surface area contributed by atoms with E-state index in [1.807, 2.05) is 0 Å². The van der Waals surface area contributed by atoms with E-state index >= 15 is 0 Å². The summed E-state index contributed by atoms with van der Waals surface area (Å²) in [5.74, 6) is 0. The second kappa shape index (κ2) is 9.01. The van der Waals surface area contributed by atoms with Crippen LogP contribution in [-0.4, -0.2) is 55.1 Å². The highest BCUT2D eigenvalue weighted by molar-refractivity contribution is 5.85. The van der Waals surface area contributed by atoms with Gasteiger partial charge in [-0.25, -0.2) is 0 Å². The van der Waals surface area contributed by atoms with E-state index in [4.69, 9.17) is 0 Å². The van der Waals surface area contributed by atoms with Gasteiger partial charge in [0.1, 0.15) is 0 Å². The maximum Gasteiger partial charge on any atom is 0.0236 e. The fourth-order valence-electron chi connectivity index (χ4n) is 4.29. The average molecular weight is 372 g/mol. The van der Waals surface area contributed by atoms with Gasteiger partial charge in [-0.15, -0.1) is 12.4 Å². The molecular formula is C22H30ClN3. The lowest BCUT2D eigenvalue weighted by molar-refractivity contribution is 0.170. The number of nitrogens with one attached hydrogen (secondary N) is 1. The van der Waals surface area contributed by atoms with Crippen molar-refractivity contribution in [3.8, 4) is 11.1 Å². The molecular weight excluding hydrogens is 342 g/mol. The summed E-state index contributed by atoms with van der Waals surface area (Å²) >= 11 is 0. The predicted octanol–water partition coefficient (Wildman–Crippen LogP) is 3.56. The summed E-state index contributed by atoms with van der Waals surface area (Å²) in [5.41, 5.74) is 5.47. The zero-order valence-electron chi connectivity index (χ0n) is 15.7. The van der Waals surface area contributed by atoms with Crippen LogP contribution in [-0.2, 0) is 6.54 Å². The standard InChI is InChI=1S/C22H29N3.ClH/c1-18-5-2-3-8-22(18)20-7-4-6-19(15-20)16-24-12-9-21(17-24)25-13-10-23-11-14-25;/h2-8,15,21,23H,9-14,16-17H2,1H3;1H. The Kier molecular flexibility index (Phi) is 6.71. The average Bonchev–Trinajstić information content (AvgIpc) is 3.12. The number of rotatable bonds is 4. The van der Waals surface area contributed by atoms with Crippen LogP contribution in [0.4, 0.5) is 0 Å². The summed E-state index contributed by atoms with van der Waals surface area (Å²) in [6.45, 7) is 10.4. The predicted molar refractivity (Wildman–Crippen MR) is 112 cm³/mol. The van der Waals surface area contributed by atoms with Crippen molar-refractivity contribution in [2.24, 2.45) is 0 Å². The zero-order valence-corrected chi connectivity index (χ0v) is 16.5. The summed E-state index contributed by atoms with van der Waals surface area (Å²) in [5, 5.41) is 3.46. The van der Waals surface area contributed by atoms with E-state index in [0.29, 0.717) is 0 Å². The van der Waals surface area contributed by atoms with Crippen molar-refractivity contribution in [1.29, 1.82) is 0 Å². The van der Waals surface area contributed by atoms with Crippen LogP contribution < -0.4 is 5.32 Å². The van der Waals surface area contributed by atoms with Crippen LogP contribution >= 0.6 is 12.4 Å². The lowest BCUT2D eigenvalue weighted by Gasteiger charge is -2.32. The Balaban J connectivity index is 0.00000196. The number of likely N-dealkylation sites (tertiary alicyclic amines) is 1. The van der Waals surface area contributed by atoms with Gasteiger partial charge in [-0.2, -0.15) is 0 Å². The van der Waals surface area contributed by atoms with E-state index in [1.165, 1.54) is 54.9 Å². The van der Waals surface area contributed by atoms with Crippen molar-refractivity contribution in [1.82, 2.24) is 15.1 Å². The zero-order chi connectivity index (χ0) is 17.1. The maximum absolute atomic E-state index is 3.46. The van der Waals surface area contributed by atoms with Crippen LogP contribution in [0.2, 0.25) is 0 Å². The van der Waals surface area contributed by atoms with Gasteiger partial charge >= 0.3 is 0 Å². The molecule has 26 heavy (non-hydrogen) atoms. The molecule has 2 aliphatic rings. The maximum atomic E-state index is 3.46. The molecule has 2 aliphatic heterocycles. The molecule has 0 radical (unpaired) electrons. The van der Waals surface area contributed by atoms with Gasteiger partial charge in [0, 0.05) is 51.9 Å². The molecule has 1 N–H and O–H groups in total. The van der Waals surface area contributed by atoms with E-state index in [2.05, 4.69) is 70.6 Å². The quantitative estimate of drug-likeness (QED) is 0.886. The highest BCUT2D eigenvalue weighted by Gasteiger charge is 2.28. The van der Waals surface area contributed by atoms with Crippen molar-refractivity contribution >= 4 is 12.4 Å². The molecule has 1 atom stereocenters. The van der Waals surface area contributed by atoms with Gasteiger partial charge in [-0.05, 0) is 41.7 Å². The SMILES string of the molecule is Cc1ccccc1-c1cccc(CN2CCC(N3CCNCC3)C2)c1.Cl. The second-order valence-corrected chi connectivity index (χ2v) is 7.48. The lowest BCUT2D eigenvalue weighted by Crippen LogP contribution is -2.49. The molecule has 0 aromatic heterocycles. The van der Waals surface area contributed by atoms with Crippen molar-refractivity contribution in [2.45, 2.75) is 25.9 Å². The smallest absolute Gasteiger partial charge is 0.0236 e. The van der Waals surface area contributed by atoms with Crippen molar-refractivity contribution < 1.29 is 0 Å². The first kappa shape index (κ1) is 19.4. The highest BCUT2D eigenvalue weighted by atomic mass is 35.5. The largest absolute Gasteiger partial charge is 0.314 e. The molecule has 2 saturated heterocycles. The number of nitrogens with zero attached hydrogens (tertiary/aromatic N) is 2. The first-order valence-electron chi connectivity index (χ1n) is 9.62. The van der Waals surface area contributed by atoms with Gasteiger partial charge in [0.05, 0.1) is 0 Å². The molecule has 3 nitrogen and oxygen atoms in total. The summed E-state index contributed by atoms with van der Waals surface area (Å²) in [6.07, 6.45) is 1.32. The molecule has 0 spiro atoms. The van der Waals surface area contributed by atoms with E-state index < -0.39 is 0 Å². The molecule has 2 aromatic carbocycles. The summed E-state index contributed by atoms with van der Waals surface area (Å²) < 4.78 is 0. The number of aryl methyl sites for hydroxylation is 1. The van der Waals surface area contributed by atoms with Gasteiger partial charge < -0.3 is 5.32 Å². The highest BCUT2D eigenvalue weighted by Crippen LogP contribution is 2.25. The van der Waals surface area contributed by atoms with Crippen molar-refractivity contribution in [3.05, 3.63) is 59.7 Å². The molecule has 4 heteroatoms. The molecule has 0 aliphatic carbocycles. The van der Waals surface area contributed by atoms with Crippen molar-refractivity contribution in [3.63, 3.8) is 0 Å². The summed E-state index contributed by atoms with van der Waals surface area (Å²) in [7, 11) is 0. The number of piperazine rings is 1. The Morgan fingerprint density at radius 1 is 1.00 bits per heavy atom. The summed E-state index contributed by atoms with van der Waals surface area (Å²) in [6, 6.07) is 18.5. The van der Waals surface area contributed by atoms with E-state index in [-0.39, 0.29) is 12.4 Å². The molecule has 1 unspecified atom stereocenters. The molecule has 140 valence electrons. The molecule has 0 bridgehead atoms. The minimum absolute atomic E-state index is 0. The van der Waals surface area contributed by atoms with Gasteiger partial charge in [0.15, 0.2) is 0 Å². The van der Waals surface area contributed by atoms with E-state index in [0.717, 1.165) is 25.7 Å². The number of halogens is 1. The Morgan fingerprint density at radius 3 is 2.62 bits per heavy atom. The number of hydrogen-bond acceptors (Lipinski definition) is 3. The minimum atomic E-state index is 0. The van der Waals surface area contributed by atoms with Crippen LogP contribution in [0.1, 0.15) is 17.5 Å². The van der Waals surface area contributed by atoms with Gasteiger partial charge in [0.25, 0.3) is 0 Å². The van der Waals surface area contributed by atoms with E-state index in [9.17, 15) is 0 Å². The monoisotopic (exact) mass is 371 g/mol. The van der Waals surface area contributed by atoms with Gasteiger partial charge in [-0.1, -0.05) is 42.5 Å². The fourth-order valence-corrected chi connectivity index (χ4v) is 4.29. The molecule has 0 saturated carbocycles. The lowest BCUT2D eigenvalue weighted by atomic mass is 9.99. The molecule has 4 rings (SSSR count). The fraction of sp³-hybridized carbons (Fsp3) is 0.455. The van der Waals surface area contributed by atoms with Crippen LogP contribution in [0.3, 0.4) is 0 Å². The van der Waals surface area contributed by atoms with Gasteiger partial charge in [-0.3, -0.25) is 9.80 Å². The Hall–Kier alpha value is -1.39. The van der Waals surface area contributed by atoms with Crippen LogP contribution in [0.5, 0.6) is 0 Å². The van der Waals surface area contributed by atoms with Crippen LogP contribution in [0, 0.1) is 6.92 Å². The molecule has 2 fully saturated rings. The third-order valence-corrected chi connectivity index (χ3v) is 5.70. The minimum Gasteiger partial charge on any atom is -0.314 e. The topological polar surface area (TPSA) is 18.5 Å². The third-order valence-electron chi connectivity index (χ3n) is 5.70. The molecule has 2 heterocycles. The molecule has 2 aromatic rings. The Labute approximate surface area is 163 Å². The second-order valence-electron chi connectivity index (χ2n) is 7.48. The van der Waals surface area contributed by atoms with Crippen LogP contribution in [0.15, 0.2) is 48.5 Å². The van der Waals surface area contributed by atoms with Crippen LogP contribution in [0.25, 0.3) is 11.1 Å². The first-order valence-corrected chi connectivity index (χ1v) is 9.62. The number of benzene rings is 2. The third kappa shape index (κ3) is 4.47. The summed E-state index contributed by atoms with van der Waals surface area (Å²) in [4.78, 5) is 5.31. The van der Waals surface area contributed by atoms with Crippen molar-refractivity contribution in [2.75, 3.05) is 39.3 Å². The normalized spacial score (nSPS) is 21.5. The first-order chi connectivity index (χ1) is 12.3.